The number of hydrogen-bond donors (Lipinski definition) is 1. The van der Waals surface area contributed by atoms with E-state index in [0.29, 0.717) is 17.0 Å². The lowest BCUT2D eigenvalue weighted by atomic mass is 9.98. The van der Waals surface area contributed by atoms with Gasteiger partial charge in [0.2, 0.25) is 0 Å². The highest BCUT2D eigenvalue weighted by Crippen LogP contribution is 2.38. The highest BCUT2D eigenvalue weighted by Gasteiger charge is 2.23. The van der Waals surface area contributed by atoms with Crippen LogP contribution in [0.5, 0.6) is 5.75 Å². The van der Waals surface area contributed by atoms with Gasteiger partial charge in [-0.1, -0.05) is 18.2 Å². The molecular weight excluding hydrogens is 376 g/mol. The molecule has 2 aromatic rings. The Labute approximate surface area is 127 Å². The summed E-state index contributed by atoms with van der Waals surface area (Å²) in [6.07, 6.45) is 1.18. The Kier molecular flexibility index (Phi) is 3.69. The van der Waals surface area contributed by atoms with E-state index in [4.69, 9.17) is 9.15 Å². The minimum Gasteiger partial charge on any atom is -0.493 e. The van der Waals surface area contributed by atoms with Crippen molar-refractivity contribution in [3.63, 3.8) is 0 Å². The van der Waals surface area contributed by atoms with Crippen LogP contribution in [0.25, 0.3) is 0 Å². The molecule has 0 spiro atoms. The molecule has 1 aliphatic rings. The standard InChI is InChI=1S/C14H12Br2O3/c15-10-7-11(19-14(10)16)12(17)9-5-1-3-8-4-2-6-18-13(8)9/h1,3,5,7,12,17H,2,4,6H2. The molecule has 0 amide bonds. The van der Waals surface area contributed by atoms with E-state index >= 15 is 0 Å². The Morgan fingerprint density at radius 2 is 2.11 bits per heavy atom. The van der Waals surface area contributed by atoms with E-state index in [1.54, 1.807) is 6.07 Å². The summed E-state index contributed by atoms with van der Waals surface area (Å²) in [5.74, 6) is 1.28. The fourth-order valence-electron chi connectivity index (χ4n) is 2.28. The summed E-state index contributed by atoms with van der Waals surface area (Å²) < 4.78 is 12.6. The average molecular weight is 388 g/mol. The summed E-state index contributed by atoms with van der Waals surface area (Å²) in [5, 5.41) is 10.5. The minimum absolute atomic E-state index is 0.487. The Balaban J connectivity index is 2.02. The van der Waals surface area contributed by atoms with Crippen LogP contribution in [-0.2, 0) is 6.42 Å². The molecule has 1 aromatic carbocycles. The molecule has 100 valence electrons. The Bertz CT molecular complexity index is 587. The summed E-state index contributed by atoms with van der Waals surface area (Å²) in [6, 6.07) is 7.62. The number of rotatable bonds is 2. The van der Waals surface area contributed by atoms with Gasteiger partial charge < -0.3 is 14.3 Å². The normalized spacial score (nSPS) is 15.7. The van der Waals surface area contributed by atoms with Crippen molar-refractivity contribution < 1.29 is 14.3 Å². The zero-order valence-corrected chi connectivity index (χ0v) is 13.2. The summed E-state index contributed by atoms with van der Waals surface area (Å²) in [7, 11) is 0. The van der Waals surface area contributed by atoms with Crippen molar-refractivity contribution in [2.45, 2.75) is 18.9 Å². The number of aliphatic hydroxyl groups is 1. The quantitative estimate of drug-likeness (QED) is 0.839. The Hall–Kier alpha value is -0.780. The maximum atomic E-state index is 10.5. The molecular formula is C14H12Br2O3. The van der Waals surface area contributed by atoms with E-state index in [0.717, 1.165) is 34.2 Å². The van der Waals surface area contributed by atoms with E-state index in [1.165, 1.54) is 0 Å². The summed E-state index contributed by atoms with van der Waals surface area (Å²) >= 11 is 6.62. The number of halogens is 2. The van der Waals surface area contributed by atoms with E-state index in [9.17, 15) is 5.11 Å². The summed E-state index contributed by atoms with van der Waals surface area (Å²) in [4.78, 5) is 0. The van der Waals surface area contributed by atoms with Crippen LogP contribution in [0.2, 0.25) is 0 Å². The van der Waals surface area contributed by atoms with Gasteiger partial charge in [0.05, 0.1) is 11.1 Å². The molecule has 0 bridgehead atoms. The number of furan rings is 1. The van der Waals surface area contributed by atoms with E-state index in [-0.39, 0.29) is 0 Å². The van der Waals surface area contributed by atoms with Crippen molar-refractivity contribution in [3.8, 4) is 5.75 Å². The molecule has 1 aliphatic heterocycles. The molecule has 0 fully saturated rings. The van der Waals surface area contributed by atoms with Crippen molar-refractivity contribution in [2.24, 2.45) is 0 Å². The van der Waals surface area contributed by atoms with Gasteiger partial charge in [-0.05, 0) is 56.3 Å². The third-order valence-electron chi connectivity index (χ3n) is 3.19. The fourth-order valence-corrected chi connectivity index (χ4v) is 2.89. The van der Waals surface area contributed by atoms with Gasteiger partial charge in [0, 0.05) is 5.56 Å². The maximum Gasteiger partial charge on any atom is 0.183 e. The molecule has 1 atom stereocenters. The first-order chi connectivity index (χ1) is 9.16. The number of aliphatic hydroxyl groups excluding tert-OH is 1. The summed E-state index contributed by atoms with van der Waals surface area (Å²) in [5.41, 5.74) is 1.90. The van der Waals surface area contributed by atoms with Gasteiger partial charge in [0.1, 0.15) is 17.6 Å². The van der Waals surface area contributed by atoms with Crippen molar-refractivity contribution in [1.82, 2.24) is 0 Å². The first-order valence-electron chi connectivity index (χ1n) is 6.04. The van der Waals surface area contributed by atoms with E-state index in [1.807, 2.05) is 18.2 Å². The zero-order chi connectivity index (χ0) is 13.4. The second kappa shape index (κ2) is 5.31. The van der Waals surface area contributed by atoms with Crippen LogP contribution in [0.3, 0.4) is 0 Å². The second-order valence-corrected chi connectivity index (χ2v) is 6.04. The molecule has 2 heterocycles. The monoisotopic (exact) mass is 386 g/mol. The van der Waals surface area contributed by atoms with Crippen LogP contribution in [0.15, 0.2) is 37.8 Å². The van der Waals surface area contributed by atoms with E-state index < -0.39 is 6.10 Å². The molecule has 5 heteroatoms. The van der Waals surface area contributed by atoms with Crippen LogP contribution >= 0.6 is 31.9 Å². The molecule has 0 radical (unpaired) electrons. The Morgan fingerprint density at radius 3 is 2.84 bits per heavy atom. The number of ether oxygens (including phenoxy) is 1. The lowest BCUT2D eigenvalue weighted by Gasteiger charge is -2.22. The zero-order valence-electron chi connectivity index (χ0n) is 10.0. The third-order valence-corrected chi connectivity index (χ3v) is 4.90. The predicted molar refractivity (Wildman–Crippen MR) is 78.4 cm³/mol. The van der Waals surface area contributed by atoms with Crippen molar-refractivity contribution in [2.75, 3.05) is 6.61 Å². The van der Waals surface area contributed by atoms with Gasteiger partial charge in [0.25, 0.3) is 0 Å². The topological polar surface area (TPSA) is 42.6 Å². The van der Waals surface area contributed by atoms with Gasteiger partial charge in [-0.15, -0.1) is 0 Å². The molecule has 1 unspecified atom stereocenters. The average Bonchev–Trinajstić information content (AvgIpc) is 2.77. The van der Waals surface area contributed by atoms with Crippen molar-refractivity contribution >= 4 is 31.9 Å². The molecule has 0 aliphatic carbocycles. The SMILES string of the molecule is OC(c1cc(Br)c(Br)o1)c1cccc2c1OCCC2. The first kappa shape index (κ1) is 13.2. The maximum absolute atomic E-state index is 10.5. The van der Waals surface area contributed by atoms with Gasteiger partial charge in [-0.3, -0.25) is 0 Å². The molecule has 0 saturated heterocycles. The lowest BCUT2D eigenvalue weighted by Crippen LogP contribution is -2.12. The van der Waals surface area contributed by atoms with Gasteiger partial charge in [-0.2, -0.15) is 0 Å². The highest BCUT2D eigenvalue weighted by molar-refractivity contribution is 9.13. The smallest absolute Gasteiger partial charge is 0.183 e. The number of aryl methyl sites for hydroxylation is 1. The van der Waals surface area contributed by atoms with Crippen LogP contribution in [0.1, 0.15) is 29.4 Å². The van der Waals surface area contributed by atoms with Crippen molar-refractivity contribution in [1.29, 1.82) is 0 Å². The van der Waals surface area contributed by atoms with Gasteiger partial charge in [-0.25, -0.2) is 0 Å². The van der Waals surface area contributed by atoms with E-state index in [2.05, 4.69) is 31.9 Å². The third kappa shape index (κ3) is 2.47. The summed E-state index contributed by atoms with van der Waals surface area (Å²) in [6.45, 7) is 0.697. The largest absolute Gasteiger partial charge is 0.493 e. The van der Waals surface area contributed by atoms with Gasteiger partial charge >= 0.3 is 0 Å². The number of hydrogen-bond acceptors (Lipinski definition) is 3. The second-order valence-electron chi connectivity index (χ2n) is 4.46. The van der Waals surface area contributed by atoms with Gasteiger partial charge in [0.15, 0.2) is 4.67 Å². The number of para-hydroxylation sites is 1. The van der Waals surface area contributed by atoms with Crippen LogP contribution in [0.4, 0.5) is 0 Å². The predicted octanol–water partition coefficient (Wildman–Crippen LogP) is 4.21. The fraction of sp³-hybridized carbons (Fsp3) is 0.286. The first-order valence-corrected chi connectivity index (χ1v) is 7.63. The highest BCUT2D eigenvalue weighted by atomic mass is 79.9. The van der Waals surface area contributed by atoms with Crippen LogP contribution in [-0.4, -0.2) is 11.7 Å². The molecule has 1 N–H and O–H groups in total. The lowest BCUT2D eigenvalue weighted by molar-refractivity contribution is 0.178. The van der Waals surface area contributed by atoms with Crippen LogP contribution in [0, 0.1) is 0 Å². The number of benzene rings is 1. The van der Waals surface area contributed by atoms with Crippen molar-refractivity contribution in [3.05, 3.63) is 50.3 Å². The number of fused-ring (bicyclic) bond motifs is 1. The minimum atomic E-state index is -0.823. The van der Waals surface area contributed by atoms with Crippen LogP contribution < -0.4 is 4.74 Å². The molecule has 1 aromatic heterocycles. The molecule has 3 nitrogen and oxygen atoms in total. The Morgan fingerprint density at radius 1 is 1.26 bits per heavy atom. The molecule has 19 heavy (non-hydrogen) atoms. The molecule has 0 saturated carbocycles. The molecule has 3 rings (SSSR count).